The van der Waals surface area contributed by atoms with Crippen LogP contribution < -0.4 is 0 Å². The first-order valence-corrected chi connectivity index (χ1v) is 10.6. The number of fused-ring (bicyclic) bond motifs is 3. The molecule has 4 aromatic rings. The lowest BCUT2D eigenvalue weighted by atomic mass is 10.1. The third-order valence-corrected chi connectivity index (χ3v) is 6.42. The molecule has 0 aliphatic heterocycles. The number of ketones is 1. The Labute approximate surface area is 173 Å². The fourth-order valence-corrected chi connectivity index (χ4v) is 4.77. The summed E-state index contributed by atoms with van der Waals surface area (Å²) in [5.74, 6) is 0.912. The number of aryl methyl sites for hydroxylation is 1. The molecule has 0 radical (unpaired) electrons. The summed E-state index contributed by atoms with van der Waals surface area (Å²) in [6, 6.07) is 14.2. The highest BCUT2D eigenvalue weighted by Gasteiger charge is 2.12. The average molecular weight is 409 g/mol. The first-order chi connectivity index (χ1) is 13.6. The van der Waals surface area contributed by atoms with Crippen molar-refractivity contribution in [3.05, 3.63) is 70.8 Å². The number of nitrogens with zero attached hydrogens (tertiary/aromatic N) is 2. The van der Waals surface area contributed by atoms with Crippen molar-refractivity contribution in [2.75, 3.05) is 0 Å². The molecule has 0 bridgehead atoms. The maximum Gasteiger partial charge on any atom is 0.185 e. The number of aromatic nitrogens is 2. The van der Waals surface area contributed by atoms with Gasteiger partial charge in [0.2, 0.25) is 0 Å². The number of thiophene rings is 1. The monoisotopic (exact) mass is 408 g/mol. The first kappa shape index (κ1) is 18.9. The number of allylic oxidation sites excluding steroid dienone is 1. The zero-order valence-electron chi connectivity index (χ0n) is 15.9. The van der Waals surface area contributed by atoms with Gasteiger partial charge in [-0.1, -0.05) is 43.1 Å². The number of rotatable bonds is 6. The lowest BCUT2D eigenvalue weighted by Gasteiger charge is -2.02. The van der Waals surface area contributed by atoms with Crippen molar-refractivity contribution in [3.8, 4) is 0 Å². The molecule has 0 amide bonds. The Morgan fingerprint density at radius 1 is 1.18 bits per heavy atom. The van der Waals surface area contributed by atoms with Gasteiger partial charge in [0.15, 0.2) is 10.9 Å². The molecule has 0 atom stereocenters. The van der Waals surface area contributed by atoms with E-state index < -0.39 is 0 Å². The highest BCUT2D eigenvalue weighted by atomic mass is 35.5. The van der Waals surface area contributed by atoms with Crippen molar-refractivity contribution in [2.45, 2.75) is 26.2 Å². The van der Waals surface area contributed by atoms with E-state index in [4.69, 9.17) is 11.6 Å². The van der Waals surface area contributed by atoms with Crippen LogP contribution in [0.5, 0.6) is 0 Å². The molecule has 0 N–H and O–H groups in total. The molecule has 2 aromatic heterocycles. The normalized spacial score (nSPS) is 11.8. The molecular weight excluding hydrogens is 388 g/mol. The van der Waals surface area contributed by atoms with E-state index in [1.807, 2.05) is 41.9 Å². The van der Waals surface area contributed by atoms with Crippen LogP contribution in [0.2, 0.25) is 5.15 Å². The van der Waals surface area contributed by atoms with Crippen molar-refractivity contribution in [2.24, 2.45) is 7.05 Å². The van der Waals surface area contributed by atoms with E-state index in [-0.39, 0.29) is 5.78 Å². The highest BCUT2D eigenvalue weighted by Crippen LogP contribution is 2.34. The molecule has 3 nitrogen and oxygen atoms in total. The van der Waals surface area contributed by atoms with E-state index in [9.17, 15) is 4.79 Å². The largest absolute Gasteiger partial charge is 0.330 e. The van der Waals surface area contributed by atoms with Crippen LogP contribution in [0.3, 0.4) is 0 Å². The van der Waals surface area contributed by atoms with Gasteiger partial charge in [0.05, 0.1) is 5.69 Å². The summed E-state index contributed by atoms with van der Waals surface area (Å²) in [7, 11) is 1.94. The predicted molar refractivity (Wildman–Crippen MR) is 120 cm³/mol. The summed E-state index contributed by atoms with van der Waals surface area (Å²) >= 11 is 8.04. The molecule has 0 aliphatic rings. The van der Waals surface area contributed by atoms with E-state index in [2.05, 4.69) is 24.0 Å². The van der Waals surface area contributed by atoms with Crippen LogP contribution in [0, 0.1) is 0 Å². The highest BCUT2D eigenvalue weighted by molar-refractivity contribution is 7.25. The molecule has 5 heteroatoms. The molecule has 0 aliphatic carbocycles. The zero-order valence-corrected chi connectivity index (χ0v) is 17.5. The lowest BCUT2D eigenvalue weighted by molar-refractivity contribution is 0.104. The molecule has 0 unspecified atom stereocenters. The van der Waals surface area contributed by atoms with E-state index in [1.54, 1.807) is 23.5 Å². The molecule has 0 saturated carbocycles. The Kier molecular flexibility index (Phi) is 5.33. The second-order valence-electron chi connectivity index (χ2n) is 6.87. The van der Waals surface area contributed by atoms with Gasteiger partial charge < -0.3 is 4.57 Å². The van der Waals surface area contributed by atoms with Gasteiger partial charge >= 0.3 is 0 Å². The van der Waals surface area contributed by atoms with Crippen LogP contribution in [-0.4, -0.2) is 15.3 Å². The molecule has 2 heterocycles. The van der Waals surface area contributed by atoms with Gasteiger partial charge in [-0.25, -0.2) is 4.98 Å². The van der Waals surface area contributed by atoms with E-state index in [0.29, 0.717) is 10.7 Å². The maximum absolute atomic E-state index is 12.8. The van der Waals surface area contributed by atoms with Crippen molar-refractivity contribution in [1.82, 2.24) is 9.55 Å². The number of carbonyl (C=O) groups excluding carboxylic acids is 1. The minimum Gasteiger partial charge on any atom is -0.330 e. The molecule has 4 rings (SSSR count). The van der Waals surface area contributed by atoms with Crippen LogP contribution in [0.15, 0.2) is 48.5 Å². The van der Waals surface area contributed by atoms with E-state index in [0.717, 1.165) is 36.2 Å². The summed E-state index contributed by atoms with van der Waals surface area (Å²) in [5.41, 5.74) is 1.44. The molecule has 28 heavy (non-hydrogen) atoms. The van der Waals surface area contributed by atoms with Gasteiger partial charge in [0.25, 0.3) is 0 Å². The Balaban J connectivity index is 1.63. The maximum atomic E-state index is 12.8. The van der Waals surface area contributed by atoms with Crippen molar-refractivity contribution < 1.29 is 4.79 Å². The summed E-state index contributed by atoms with van der Waals surface area (Å²) in [6.45, 7) is 2.15. The Hall–Kier alpha value is -2.43. The fraction of sp³-hybridized carbons (Fsp3) is 0.217. The minimum absolute atomic E-state index is 0.0374. The minimum atomic E-state index is -0.0374. The smallest absolute Gasteiger partial charge is 0.185 e. The predicted octanol–water partition coefficient (Wildman–Crippen LogP) is 6.68. The number of benzene rings is 2. The van der Waals surface area contributed by atoms with Crippen LogP contribution in [0.4, 0.5) is 0 Å². The quantitative estimate of drug-likeness (QED) is 0.263. The number of carbonyl (C=O) groups is 1. The van der Waals surface area contributed by atoms with Crippen LogP contribution >= 0.6 is 22.9 Å². The molecular formula is C23H21ClN2OS. The molecule has 2 aromatic carbocycles. The van der Waals surface area contributed by atoms with Crippen molar-refractivity contribution in [1.29, 1.82) is 0 Å². The third kappa shape index (κ3) is 3.50. The SMILES string of the molecule is CCCCc1nc(Cl)c(/C=C/C(=O)c2ccc3sc4ccccc4c3c2)n1C. The van der Waals surface area contributed by atoms with E-state index in [1.165, 1.54) is 14.8 Å². The second-order valence-corrected chi connectivity index (χ2v) is 8.32. The molecule has 0 fully saturated rings. The van der Waals surface area contributed by atoms with Gasteiger partial charge in [0, 0.05) is 39.2 Å². The molecule has 0 spiro atoms. The standard InChI is InChI=1S/C23H21ClN2OS/c1-3-4-9-22-25-23(24)18(26(22)2)11-12-19(27)15-10-13-21-17(14-15)16-7-5-6-8-20(16)28-21/h5-8,10-14H,3-4,9H2,1-2H3/b12-11+. The van der Waals surface area contributed by atoms with Crippen LogP contribution in [-0.2, 0) is 13.5 Å². The Morgan fingerprint density at radius 2 is 1.96 bits per heavy atom. The number of hydrogen-bond acceptors (Lipinski definition) is 3. The van der Waals surface area contributed by atoms with Crippen molar-refractivity contribution >= 4 is 55.0 Å². The zero-order chi connectivity index (χ0) is 19.7. The molecule has 0 saturated heterocycles. The number of halogens is 1. The van der Waals surface area contributed by atoms with E-state index >= 15 is 0 Å². The first-order valence-electron chi connectivity index (χ1n) is 9.43. The van der Waals surface area contributed by atoms with Gasteiger partial charge in [-0.15, -0.1) is 11.3 Å². The topological polar surface area (TPSA) is 34.9 Å². The average Bonchev–Trinajstić information content (AvgIpc) is 3.21. The van der Waals surface area contributed by atoms with Gasteiger partial charge in [-0.3, -0.25) is 4.79 Å². The summed E-state index contributed by atoms with van der Waals surface area (Å²) in [6.07, 6.45) is 6.41. The van der Waals surface area contributed by atoms with Crippen LogP contribution in [0.25, 0.3) is 26.2 Å². The molecule has 142 valence electrons. The Morgan fingerprint density at radius 3 is 2.79 bits per heavy atom. The van der Waals surface area contributed by atoms with Crippen LogP contribution in [0.1, 0.15) is 41.6 Å². The van der Waals surface area contributed by atoms with Gasteiger partial charge in [-0.2, -0.15) is 0 Å². The summed E-state index contributed by atoms with van der Waals surface area (Å²) in [4.78, 5) is 17.2. The second kappa shape index (κ2) is 7.90. The lowest BCUT2D eigenvalue weighted by Crippen LogP contribution is -2.00. The number of unbranched alkanes of at least 4 members (excludes halogenated alkanes) is 1. The van der Waals surface area contributed by atoms with Crippen molar-refractivity contribution in [3.63, 3.8) is 0 Å². The summed E-state index contributed by atoms with van der Waals surface area (Å²) in [5, 5.41) is 2.76. The van der Waals surface area contributed by atoms with Gasteiger partial charge in [-0.05, 0) is 42.8 Å². The summed E-state index contributed by atoms with van der Waals surface area (Å²) < 4.78 is 4.40. The number of imidazole rings is 1. The fourth-order valence-electron chi connectivity index (χ4n) is 3.39. The third-order valence-electron chi connectivity index (χ3n) is 4.99. The number of hydrogen-bond donors (Lipinski definition) is 0. The Bertz CT molecular complexity index is 1200. The van der Waals surface area contributed by atoms with Gasteiger partial charge in [0.1, 0.15) is 5.82 Å².